The van der Waals surface area contributed by atoms with Crippen molar-refractivity contribution in [2.24, 2.45) is 0 Å². The van der Waals surface area contributed by atoms with Crippen LogP contribution in [0.2, 0.25) is 5.02 Å². The highest BCUT2D eigenvalue weighted by atomic mass is 35.5. The summed E-state index contributed by atoms with van der Waals surface area (Å²) in [6, 6.07) is 21.5. The molecule has 3 heteroatoms. The van der Waals surface area contributed by atoms with Gasteiger partial charge in [0.15, 0.2) is 0 Å². The van der Waals surface area contributed by atoms with Gasteiger partial charge in [-0.25, -0.2) is 0 Å². The number of anilines is 2. The summed E-state index contributed by atoms with van der Waals surface area (Å²) in [5.41, 5.74) is 2.25. The molecule has 3 rings (SSSR count). The van der Waals surface area contributed by atoms with Crippen molar-refractivity contribution in [3.63, 3.8) is 0 Å². The van der Waals surface area contributed by atoms with Crippen molar-refractivity contribution in [2.75, 3.05) is 5.32 Å². The minimum absolute atomic E-state index is 0.572. The number of hydrogen-bond donors (Lipinski definition) is 1. The zero-order valence-corrected chi connectivity index (χ0v) is 11.4. The topological polar surface area (TPSA) is 35.8 Å². The van der Waals surface area contributed by atoms with Crippen LogP contribution in [0.4, 0.5) is 11.4 Å². The van der Waals surface area contributed by atoms with E-state index in [0.717, 1.165) is 22.1 Å². The van der Waals surface area contributed by atoms with Crippen LogP contribution in [0, 0.1) is 11.3 Å². The van der Waals surface area contributed by atoms with E-state index in [2.05, 4.69) is 23.5 Å². The van der Waals surface area contributed by atoms with Crippen molar-refractivity contribution in [2.45, 2.75) is 0 Å². The molecule has 0 aromatic heterocycles. The molecule has 0 amide bonds. The zero-order valence-electron chi connectivity index (χ0n) is 10.6. The normalized spacial score (nSPS) is 10.2. The fourth-order valence-electron chi connectivity index (χ4n) is 2.20. The maximum absolute atomic E-state index is 9.17. The van der Waals surface area contributed by atoms with Crippen molar-refractivity contribution in [1.29, 1.82) is 5.26 Å². The number of rotatable bonds is 2. The summed E-state index contributed by atoms with van der Waals surface area (Å²) in [4.78, 5) is 0. The Morgan fingerprint density at radius 3 is 2.55 bits per heavy atom. The number of hydrogen-bond acceptors (Lipinski definition) is 2. The minimum Gasteiger partial charge on any atom is -0.354 e. The molecule has 0 fully saturated rings. The number of nitriles is 1. The second-order valence-electron chi connectivity index (χ2n) is 4.45. The van der Waals surface area contributed by atoms with Crippen LogP contribution in [0.3, 0.4) is 0 Å². The number of fused-ring (bicyclic) bond motifs is 1. The van der Waals surface area contributed by atoms with Gasteiger partial charge < -0.3 is 5.32 Å². The maximum atomic E-state index is 9.17. The average Bonchev–Trinajstić information content (AvgIpc) is 2.48. The van der Waals surface area contributed by atoms with Gasteiger partial charge in [0.2, 0.25) is 0 Å². The summed E-state index contributed by atoms with van der Waals surface area (Å²) in [6.07, 6.45) is 0. The van der Waals surface area contributed by atoms with Gasteiger partial charge in [0.05, 0.1) is 11.3 Å². The molecule has 1 N–H and O–H groups in total. The molecule has 0 aliphatic rings. The van der Waals surface area contributed by atoms with Crippen LogP contribution in [-0.2, 0) is 0 Å². The molecule has 0 saturated carbocycles. The first-order valence-corrected chi connectivity index (χ1v) is 6.60. The summed E-state index contributed by atoms with van der Waals surface area (Å²) in [7, 11) is 0. The first-order chi connectivity index (χ1) is 9.78. The molecule has 0 atom stereocenters. The van der Waals surface area contributed by atoms with E-state index in [4.69, 9.17) is 16.9 Å². The molecule has 0 radical (unpaired) electrons. The van der Waals surface area contributed by atoms with Gasteiger partial charge in [0.25, 0.3) is 0 Å². The van der Waals surface area contributed by atoms with Gasteiger partial charge >= 0.3 is 0 Å². The molecule has 96 valence electrons. The largest absolute Gasteiger partial charge is 0.354 e. The van der Waals surface area contributed by atoms with E-state index < -0.39 is 0 Å². The van der Waals surface area contributed by atoms with Gasteiger partial charge in [-0.05, 0) is 29.7 Å². The van der Waals surface area contributed by atoms with E-state index in [-0.39, 0.29) is 0 Å². The Balaban J connectivity index is 2.10. The summed E-state index contributed by atoms with van der Waals surface area (Å²) in [6.45, 7) is 0. The average molecular weight is 279 g/mol. The fraction of sp³-hybridized carbons (Fsp3) is 0. The molecule has 0 saturated heterocycles. The lowest BCUT2D eigenvalue weighted by Gasteiger charge is -2.11. The molecule has 3 aromatic rings. The molecule has 0 bridgehead atoms. The van der Waals surface area contributed by atoms with E-state index in [0.29, 0.717) is 10.6 Å². The van der Waals surface area contributed by atoms with Gasteiger partial charge in [-0.15, -0.1) is 0 Å². The van der Waals surface area contributed by atoms with Gasteiger partial charge in [0.1, 0.15) is 6.07 Å². The zero-order chi connectivity index (χ0) is 13.9. The number of nitrogens with zero attached hydrogens (tertiary/aromatic N) is 1. The third kappa shape index (κ3) is 2.32. The van der Waals surface area contributed by atoms with E-state index in [1.165, 1.54) is 0 Å². The van der Waals surface area contributed by atoms with Gasteiger partial charge in [0, 0.05) is 16.1 Å². The van der Waals surface area contributed by atoms with Gasteiger partial charge in [-0.2, -0.15) is 5.26 Å². The third-order valence-electron chi connectivity index (χ3n) is 3.16. The Morgan fingerprint density at radius 1 is 0.900 bits per heavy atom. The quantitative estimate of drug-likeness (QED) is 0.707. The third-order valence-corrected chi connectivity index (χ3v) is 3.40. The molecule has 20 heavy (non-hydrogen) atoms. The number of nitrogens with one attached hydrogen (secondary N) is 1. The molecule has 3 aromatic carbocycles. The lowest BCUT2D eigenvalue weighted by Crippen LogP contribution is -1.94. The van der Waals surface area contributed by atoms with Crippen LogP contribution in [-0.4, -0.2) is 0 Å². The molecule has 0 heterocycles. The van der Waals surface area contributed by atoms with Crippen LogP contribution in [0.1, 0.15) is 5.56 Å². The lowest BCUT2D eigenvalue weighted by molar-refractivity contribution is 1.47. The monoisotopic (exact) mass is 278 g/mol. The predicted molar refractivity (Wildman–Crippen MR) is 83.4 cm³/mol. The highest BCUT2D eigenvalue weighted by molar-refractivity contribution is 6.31. The van der Waals surface area contributed by atoms with Crippen molar-refractivity contribution >= 4 is 33.7 Å². The first kappa shape index (κ1) is 12.5. The van der Waals surface area contributed by atoms with Gasteiger partial charge in [-0.3, -0.25) is 0 Å². The Hall–Kier alpha value is -2.50. The van der Waals surface area contributed by atoms with Gasteiger partial charge in [-0.1, -0.05) is 48.0 Å². The summed E-state index contributed by atoms with van der Waals surface area (Å²) < 4.78 is 0. The van der Waals surface area contributed by atoms with Crippen LogP contribution in [0.15, 0.2) is 60.7 Å². The van der Waals surface area contributed by atoms with E-state index >= 15 is 0 Å². The van der Waals surface area contributed by atoms with E-state index in [1.54, 1.807) is 18.2 Å². The Kier molecular flexibility index (Phi) is 3.28. The Bertz CT molecular complexity index is 813. The van der Waals surface area contributed by atoms with Crippen molar-refractivity contribution in [3.8, 4) is 6.07 Å². The number of halogens is 1. The molecule has 2 nitrogen and oxygen atoms in total. The fourth-order valence-corrected chi connectivity index (χ4v) is 2.37. The summed E-state index contributed by atoms with van der Waals surface area (Å²) in [5.74, 6) is 0. The van der Waals surface area contributed by atoms with Crippen molar-refractivity contribution < 1.29 is 0 Å². The minimum atomic E-state index is 0.572. The predicted octanol–water partition coefficient (Wildman–Crippen LogP) is 5.11. The Labute approximate surface area is 122 Å². The summed E-state index contributed by atoms with van der Waals surface area (Å²) >= 11 is 6.01. The SMILES string of the molecule is N#Cc1ccc(Cl)cc1Nc1cccc2ccccc12. The van der Waals surface area contributed by atoms with Crippen LogP contribution >= 0.6 is 11.6 Å². The van der Waals surface area contributed by atoms with Crippen molar-refractivity contribution in [3.05, 3.63) is 71.2 Å². The molecule has 0 aliphatic heterocycles. The van der Waals surface area contributed by atoms with E-state index in [9.17, 15) is 0 Å². The van der Waals surface area contributed by atoms with E-state index in [1.807, 2.05) is 30.3 Å². The number of benzene rings is 3. The first-order valence-electron chi connectivity index (χ1n) is 6.22. The van der Waals surface area contributed by atoms with Crippen LogP contribution < -0.4 is 5.32 Å². The molecule has 0 unspecified atom stereocenters. The molecular formula is C17H11ClN2. The highest BCUT2D eigenvalue weighted by Gasteiger charge is 2.05. The van der Waals surface area contributed by atoms with Crippen LogP contribution in [0.5, 0.6) is 0 Å². The summed E-state index contributed by atoms with van der Waals surface area (Å²) in [5, 5.41) is 15.3. The Morgan fingerprint density at radius 2 is 1.70 bits per heavy atom. The lowest BCUT2D eigenvalue weighted by atomic mass is 10.1. The highest BCUT2D eigenvalue weighted by Crippen LogP contribution is 2.29. The molecule has 0 spiro atoms. The second-order valence-corrected chi connectivity index (χ2v) is 4.89. The molecular weight excluding hydrogens is 268 g/mol. The molecule has 0 aliphatic carbocycles. The second kappa shape index (κ2) is 5.24. The smallest absolute Gasteiger partial charge is 0.101 e. The standard InChI is InChI=1S/C17H11ClN2/c18-14-9-8-13(11-19)17(10-14)20-16-7-3-5-12-4-1-2-6-15(12)16/h1-10,20H. The van der Waals surface area contributed by atoms with Crippen molar-refractivity contribution in [1.82, 2.24) is 0 Å². The van der Waals surface area contributed by atoms with Crippen LogP contribution in [0.25, 0.3) is 10.8 Å². The maximum Gasteiger partial charge on any atom is 0.101 e.